The predicted molar refractivity (Wildman–Crippen MR) is 131 cm³/mol. The van der Waals surface area contributed by atoms with E-state index >= 15 is 0 Å². The Balaban J connectivity index is 1.52. The van der Waals surface area contributed by atoms with Gasteiger partial charge in [0, 0.05) is 6.42 Å². The highest BCUT2D eigenvalue weighted by molar-refractivity contribution is 5.73. The Morgan fingerprint density at radius 1 is 0.839 bits per heavy atom. The molecule has 0 heterocycles. The molecule has 0 amide bonds. The van der Waals surface area contributed by atoms with Crippen molar-refractivity contribution in [3.8, 4) is 16.9 Å². The minimum Gasteiger partial charge on any atom is -0.427 e. The summed E-state index contributed by atoms with van der Waals surface area (Å²) in [5.74, 6) is 1.38. The molecule has 0 bridgehead atoms. The molecule has 2 nitrogen and oxygen atoms in total. The van der Waals surface area contributed by atoms with Gasteiger partial charge in [0.1, 0.15) is 5.75 Å². The van der Waals surface area contributed by atoms with Crippen LogP contribution in [-0.4, -0.2) is 5.97 Å². The summed E-state index contributed by atoms with van der Waals surface area (Å²) in [7, 11) is 0. The first-order chi connectivity index (χ1) is 15.2. The molecule has 1 unspecified atom stereocenters. The summed E-state index contributed by atoms with van der Waals surface area (Å²) in [4.78, 5) is 11.9. The number of fused-ring (bicyclic) bond motifs is 1. The third kappa shape index (κ3) is 7.52. The first kappa shape index (κ1) is 23.6. The van der Waals surface area contributed by atoms with Gasteiger partial charge in [-0.1, -0.05) is 95.5 Å². The van der Waals surface area contributed by atoms with Crippen molar-refractivity contribution in [2.24, 2.45) is 5.92 Å². The standard InChI is InChI=1S/C29H40O2/c1-3-5-7-8-10-11-23-13-14-27-22-26(16-15-25(27)21-23)24-17-19-28(20-18-24)31-29(30)12-9-6-4-2/h15-20,22-23H,3-14,21H2,1-2H3. The zero-order chi connectivity index (χ0) is 21.9. The number of aryl methyl sites for hydroxylation is 1. The Labute approximate surface area is 189 Å². The molecule has 2 aromatic rings. The van der Waals surface area contributed by atoms with Gasteiger partial charge in [-0.15, -0.1) is 0 Å². The van der Waals surface area contributed by atoms with Crippen molar-refractivity contribution < 1.29 is 9.53 Å². The maximum atomic E-state index is 11.9. The van der Waals surface area contributed by atoms with E-state index in [1.165, 1.54) is 74.5 Å². The third-order valence-electron chi connectivity index (χ3n) is 6.66. The van der Waals surface area contributed by atoms with Crippen LogP contribution in [0.25, 0.3) is 11.1 Å². The van der Waals surface area contributed by atoms with Crippen LogP contribution in [0.4, 0.5) is 0 Å². The van der Waals surface area contributed by atoms with Gasteiger partial charge in [-0.05, 0) is 66.0 Å². The highest BCUT2D eigenvalue weighted by Crippen LogP contribution is 2.32. The van der Waals surface area contributed by atoms with Crippen molar-refractivity contribution in [2.75, 3.05) is 0 Å². The van der Waals surface area contributed by atoms with E-state index in [1.807, 2.05) is 12.1 Å². The minimum absolute atomic E-state index is 0.130. The lowest BCUT2D eigenvalue weighted by Gasteiger charge is -2.25. The van der Waals surface area contributed by atoms with E-state index in [1.54, 1.807) is 5.56 Å². The second-order valence-corrected chi connectivity index (χ2v) is 9.25. The van der Waals surface area contributed by atoms with Gasteiger partial charge in [0.2, 0.25) is 0 Å². The number of esters is 1. The summed E-state index contributed by atoms with van der Waals surface area (Å²) in [6, 6.07) is 14.9. The lowest BCUT2D eigenvalue weighted by atomic mass is 9.80. The monoisotopic (exact) mass is 420 g/mol. The van der Waals surface area contributed by atoms with Crippen LogP contribution in [0.5, 0.6) is 5.75 Å². The number of benzene rings is 2. The van der Waals surface area contributed by atoms with Gasteiger partial charge >= 0.3 is 5.97 Å². The Kier molecular flexibility index (Phi) is 9.65. The van der Waals surface area contributed by atoms with Crippen LogP contribution in [0.3, 0.4) is 0 Å². The Morgan fingerprint density at radius 2 is 1.55 bits per heavy atom. The molecule has 1 aliphatic carbocycles. The van der Waals surface area contributed by atoms with Crippen molar-refractivity contribution >= 4 is 5.97 Å². The van der Waals surface area contributed by atoms with Gasteiger partial charge in [0.25, 0.3) is 0 Å². The summed E-state index contributed by atoms with van der Waals surface area (Å²) < 4.78 is 5.47. The number of carbonyl (C=O) groups is 1. The topological polar surface area (TPSA) is 26.3 Å². The molecule has 0 radical (unpaired) electrons. The van der Waals surface area contributed by atoms with E-state index in [2.05, 4.69) is 44.2 Å². The van der Waals surface area contributed by atoms with E-state index in [-0.39, 0.29) is 5.97 Å². The molecule has 0 aromatic heterocycles. The van der Waals surface area contributed by atoms with Crippen molar-refractivity contribution in [1.29, 1.82) is 0 Å². The fraction of sp³-hybridized carbons (Fsp3) is 0.552. The van der Waals surface area contributed by atoms with E-state index < -0.39 is 0 Å². The summed E-state index contributed by atoms with van der Waals surface area (Å²) in [6.45, 7) is 4.42. The molecule has 0 aliphatic heterocycles. The van der Waals surface area contributed by atoms with E-state index in [4.69, 9.17) is 4.74 Å². The molecular formula is C29H40O2. The van der Waals surface area contributed by atoms with Crippen molar-refractivity contribution in [2.45, 2.75) is 97.3 Å². The SMILES string of the molecule is CCCCCCCC1CCc2cc(-c3ccc(OC(=O)CCCCC)cc3)ccc2C1. The molecule has 0 saturated heterocycles. The van der Waals surface area contributed by atoms with Crippen molar-refractivity contribution in [1.82, 2.24) is 0 Å². The molecule has 2 heteroatoms. The molecule has 0 fully saturated rings. The molecule has 1 aliphatic rings. The van der Waals surface area contributed by atoms with E-state index in [0.29, 0.717) is 12.2 Å². The lowest BCUT2D eigenvalue weighted by Crippen LogP contribution is -2.14. The van der Waals surface area contributed by atoms with Crippen LogP contribution in [0.1, 0.15) is 95.6 Å². The second kappa shape index (κ2) is 12.7. The van der Waals surface area contributed by atoms with Gasteiger partial charge in [0.15, 0.2) is 0 Å². The first-order valence-electron chi connectivity index (χ1n) is 12.6. The maximum absolute atomic E-state index is 11.9. The Bertz CT molecular complexity index is 806. The van der Waals surface area contributed by atoms with Crippen molar-refractivity contribution in [3.05, 3.63) is 53.6 Å². The number of rotatable bonds is 12. The summed E-state index contributed by atoms with van der Waals surface area (Å²) >= 11 is 0. The Hall–Kier alpha value is -2.09. The zero-order valence-corrected chi connectivity index (χ0v) is 19.6. The molecule has 1 atom stereocenters. The van der Waals surface area contributed by atoms with Crippen LogP contribution in [0.15, 0.2) is 42.5 Å². The minimum atomic E-state index is -0.130. The van der Waals surface area contributed by atoms with Crippen LogP contribution in [-0.2, 0) is 17.6 Å². The number of hydrogen-bond acceptors (Lipinski definition) is 2. The van der Waals surface area contributed by atoms with Gasteiger partial charge in [-0.2, -0.15) is 0 Å². The first-order valence-corrected chi connectivity index (χ1v) is 12.6. The molecule has 0 spiro atoms. The van der Waals surface area contributed by atoms with Gasteiger partial charge in [0.05, 0.1) is 0 Å². The second-order valence-electron chi connectivity index (χ2n) is 9.25. The summed E-state index contributed by atoms with van der Waals surface area (Å²) in [6.07, 6.45) is 15.7. The zero-order valence-electron chi connectivity index (χ0n) is 19.6. The number of ether oxygens (including phenoxy) is 1. The highest BCUT2D eigenvalue weighted by Gasteiger charge is 2.18. The van der Waals surface area contributed by atoms with Gasteiger partial charge in [-0.3, -0.25) is 4.79 Å². The fourth-order valence-electron chi connectivity index (χ4n) is 4.71. The largest absolute Gasteiger partial charge is 0.427 e. The quantitative estimate of drug-likeness (QED) is 0.196. The third-order valence-corrected chi connectivity index (χ3v) is 6.66. The molecule has 31 heavy (non-hydrogen) atoms. The number of carbonyl (C=O) groups excluding carboxylic acids is 1. The van der Waals surface area contributed by atoms with Gasteiger partial charge in [-0.25, -0.2) is 0 Å². The Morgan fingerprint density at radius 3 is 2.32 bits per heavy atom. The number of hydrogen-bond donors (Lipinski definition) is 0. The van der Waals surface area contributed by atoms with E-state index in [0.717, 1.165) is 25.2 Å². The number of unbranched alkanes of at least 4 members (excludes halogenated alkanes) is 6. The smallest absolute Gasteiger partial charge is 0.311 e. The van der Waals surface area contributed by atoms with Crippen LogP contribution < -0.4 is 4.74 Å². The fourth-order valence-corrected chi connectivity index (χ4v) is 4.71. The molecular weight excluding hydrogens is 380 g/mol. The summed E-state index contributed by atoms with van der Waals surface area (Å²) in [5, 5.41) is 0. The van der Waals surface area contributed by atoms with Gasteiger partial charge < -0.3 is 4.74 Å². The van der Waals surface area contributed by atoms with Crippen LogP contribution in [0.2, 0.25) is 0 Å². The molecule has 0 saturated carbocycles. The van der Waals surface area contributed by atoms with Crippen molar-refractivity contribution in [3.63, 3.8) is 0 Å². The van der Waals surface area contributed by atoms with Crippen LogP contribution >= 0.6 is 0 Å². The molecule has 2 aromatic carbocycles. The molecule has 168 valence electrons. The normalized spacial score (nSPS) is 15.5. The van der Waals surface area contributed by atoms with E-state index in [9.17, 15) is 4.79 Å². The maximum Gasteiger partial charge on any atom is 0.311 e. The highest BCUT2D eigenvalue weighted by atomic mass is 16.5. The predicted octanol–water partition coefficient (Wildman–Crippen LogP) is 8.30. The summed E-state index contributed by atoms with van der Waals surface area (Å²) in [5.41, 5.74) is 5.52. The molecule has 0 N–H and O–H groups in total. The lowest BCUT2D eigenvalue weighted by molar-refractivity contribution is -0.134. The average molecular weight is 421 g/mol. The molecule has 3 rings (SSSR count). The average Bonchev–Trinajstić information content (AvgIpc) is 2.79. The van der Waals surface area contributed by atoms with Crippen LogP contribution in [0, 0.1) is 5.92 Å².